The molecule has 2 N–H and O–H groups in total. The van der Waals surface area contributed by atoms with Crippen molar-refractivity contribution >= 4 is 23.5 Å². The van der Waals surface area contributed by atoms with Crippen LogP contribution in [0.25, 0.3) is 0 Å². The number of amides is 1. The molecule has 0 radical (unpaired) electrons. The summed E-state index contributed by atoms with van der Waals surface area (Å²) in [5.74, 6) is 0.875. The second-order valence-electron chi connectivity index (χ2n) is 6.26. The van der Waals surface area contributed by atoms with E-state index in [2.05, 4.69) is 26.2 Å². The fourth-order valence-corrected chi connectivity index (χ4v) is 3.46. The molecule has 0 aliphatic carbocycles. The van der Waals surface area contributed by atoms with Gasteiger partial charge in [-0.05, 0) is 30.5 Å². The number of pyridine rings is 1. The Hall–Kier alpha value is -1.57. The zero-order chi connectivity index (χ0) is 16.9. The van der Waals surface area contributed by atoms with E-state index in [9.17, 15) is 4.79 Å². The third kappa shape index (κ3) is 4.72. The van der Waals surface area contributed by atoms with Gasteiger partial charge in [-0.3, -0.25) is 4.90 Å². The summed E-state index contributed by atoms with van der Waals surface area (Å²) in [4.78, 5) is 19.7. The number of hydrogen-bond acceptors (Lipinski definition) is 5. The first-order chi connectivity index (χ1) is 11.6. The molecule has 7 nitrogen and oxygen atoms in total. The largest absolute Gasteiger partial charge is 0.465 e. The van der Waals surface area contributed by atoms with Crippen LogP contribution in [0.5, 0.6) is 0 Å². The molecule has 2 aliphatic rings. The van der Waals surface area contributed by atoms with Gasteiger partial charge in [-0.2, -0.15) is 0 Å². The van der Waals surface area contributed by atoms with Crippen LogP contribution in [-0.4, -0.2) is 66.5 Å². The number of ether oxygens (including phenoxy) is 1. The summed E-state index contributed by atoms with van der Waals surface area (Å²) >= 11 is 6.21. The van der Waals surface area contributed by atoms with Gasteiger partial charge in [0.1, 0.15) is 11.0 Å². The summed E-state index contributed by atoms with van der Waals surface area (Å²) in [6.45, 7) is 5.80. The Balaban J connectivity index is 1.62. The molecular weight excluding hydrogens is 332 g/mol. The molecular formula is C16H23ClN4O3. The van der Waals surface area contributed by atoms with Crippen molar-refractivity contribution in [2.45, 2.75) is 25.4 Å². The number of piperidine rings is 1. The van der Waals surface area contributed by atoms with Gasteiger partial charge in [0.25, 0.3) is 0 Å². The summed E-state index contributed by atoms with van der Waals surface area (Å²) in [6, 6.07) is 4.02. The van der Waals surface area contributed by atoms with E-state index in [4.69, 9.17) is 21.4 Å². The Kier molecular flexibility index (Phi) is 5.76. The van der Waals surface area contributed by atoms with Crippen molar-refractivity contribution in [2.75, 3.05) is 44.3 Å². The molecule has 1 aromatic rings. The molecule has 1 amide bonds. The normalized spacial score (nSPS) is 20.1. The maximum absolute atomic E-state index is 10.7. The average Bonchev–Trinajstić information content (AvgIpc) is 2.55. The number of anilines is 1. The number of halogens is 1. The third-order valence-electron chi connectivity index (χ3n) is 4.50. The number of morpholine rings is 1. The minimum atomic E-state index is -0.956. The minimum absolute atomic E-state index is 0.0192. The molecule has 0 bridgehead atoms. The quantitative estimate of drug-likeness (QED) is 0.803. The van der Waals surface area contributed by atoms with Gasteiger partial charge in [0.05, 0.1) is 13.2 Å². The van der Waals surface area contributed by atoms with Crippen molar-refractivity contribution in [3.63, 3.8) is 0 Å². The van der Waals surface area contributed by atoms with Gasteiger partial charge in [-0.1, -0.05) is 11.6 Å². The highest BCUT2D eigenvalue weighted by Gasteiger charge is 2.22. The van der Waals surface area contributed by atoms with E-state index in [1.165, 1.54) is 0 Å². The van der Waals surface area contributed by atoms with Crippen LogP contribution in [-0.2, 0) is 11.3 Å². The van der Waals surface area contributed by atoms with Crippen LogP contribution in [0, 0.1) is 0 Å². The maximum Gasteiger partial charge on any atom is 0.404 e. The fraction of sp³-hybridized carbons (Fsp3) is 0.625. The zero-order valence-corrected chi connectivity index (χ0v) is 14.3. The van der Waals surface area contributed by atoms with Gasteiger partial charge in [0, 0.05) is 38.8 Å². The van der Waals surface area contributed by atoms with E-state index in [0.29, 0.717) is 5.15 Å². The van der Waals surface area contributed by atoms with Crippen LogP contribution in [0.15, 0.2) is 12.1 Å². The lowest BCUT2D eigenvalue weighted by molar-refractivity contribution is 0.0342. The first kappa shape index (κ1) is 17.3. The van der Waals surface area contributed by atoms with Gasteiger partial charge < -0.3 is 20.1 Å². The molecule has 1 aromatic heterocycles. The molecule has 2 saturated heterocycles. The van der Waals surface area contributed by atoms with E-state index < -0.39 is 6.09 Å². The highest BCUT2D eigenvalue weighted by Crippen LogP contribution is 2.23. The van der Waals surface area contributed by atoms with Gasteiger partial charge in [0.2, 0.25) is 0 Å². The van der Waals surface area contributed by atoms with Crippen LogP contribution in [0.4, 0.5) is 10.6 Å². The predicted molar refractivity (Wildman–Crippen MR) is 91.7 cm³/mol. The number of carboxylic acid groups (broad SMARTS) is 1. The van der Waals surface area contributed by atoms with Crippen molar-refractivity contribution in [2.24, 2.45) is 0 Å². The van der Waals surface area contributed by atoms with E-state index in [0.717, 1.165) is 70.2 Å². The molecule has 3 heterocycles. The van der Waals surface area contributed by atoms with Crippen LogP contribution in [0.1, 0.15) is 18.4 Å². The van der Waals surface area contributed by atoms with Crippen molar-refractivity contribution in [3.8, 4) is 0 Å². The zero-order valence-electron chi connectivity index (χ0n) is 13.6. The summed E-state index contributed by atoms with van der Waals surface area (Å²) in [5.41, 5.74) is 1.15. The number of hydrogen-bond donors (Lipinski definition) is 2. The Morgan fingerprint density at radius 2 is 2.00 bits per heavy atom. The van der Waals surface area contributed by atoms with Crippen molar-refractivity contribution in [3.05, 3.63) is 22.8 Å². The average molecular weight is 355 g/mol. The van der Waals surface area contributed by atoms with Gasteiger partial charge >= 0.3 is 6.09 Å². The monoisotopic (exact) mass is 354 g/mol. The minimum Gasteiger partial charge on any atom is -0.465 e. The van der Waals surface area contributed by atoms with Gasteiger partial charge in [-0.15, -0.1) is 0 Å². The van der Waals surface area contributed by atoms with E-state index >= 15 is 0 Å². The molecule has 0 spiro atoms. The summed E-state index contributed by atoms with van der Waals surface area (Å²) in [5, 5.41) is 11.9. The number of carbonyl (C=O) groups is 1. The second kappa shape index (κ2) is 8.00. The lowest BCUT2D eigenvalue weighted by atomic mass is 10.1. The van der Waals surface area contributed by atoms with Gasteiger partial charge in [-0.25, -0.2) is 9.78 Å². The molecule has 24 heavy (non-hydrogen) atoms. The standard InChI is InChI=1S/C16H23ClN4O3/c17-14-9-12(11-20-5-7-24-8-6-20)10-15(19-14)21-3-1-13(2-4-21)18-16(22)23/h9-10,13,18H,1-8,11H2,(H,22,23). The third-order valence-corrected chi connectivity index (χ3v) is 4.69. The molecule has 0 aromatic carbocycles. The lowest BCUT2D eigenvalue weighted by Crippen LogP contribution is -2.44. The summed E-state index contributed by atoms with van der Waals surface area (Å²) in [6.07, 6.45) is 0.598. The van der Waals surface area contributed by atoms with Crippen LogP contribution >= 0.6 is 11.6 Å². The number of nitrogens with zero attached hydrogens (tertiary/aromatic N) is 3. The van der Waals surface area contributed by atoms with E-state index in [1.807, 2.05) is 6.07 Å². The van der Waals surface area contributed by atoms with Crippen LogP contribution in [0.2, 0.25) is 5.15 Å². The van der Waals surface area contributed by atoms with Gasteiger partial charge in [0.15, 0.2) is 0 Å². The number of aromatic nitrogens is 1. The smallest absolute Gasteiger partial charge is 0.404 e. The Labute approximate surface area is 146 Å². The van der Waals surface area contributed by atoms with Crippen molar-refractivity contribution in [1.29, 1.82) is 0 Å². The van der Waals surface area contributed by atoms with Crippen molar-refractivity contribution in [1.82, 2.24) is 15.2 Å². The Morgan fingerprint density at radius 1 is 1.29 bits per heavy atom. The van der Waals surface area contributed by atoms with Crippen LogP contribution < -0.4 is 10.2 Å². The predicted octanol–water partition coefficient (Wildman–Crippen LogP) is 1.80. The number of nitrogens with one attached hydrogen (secondary N) is 1. The summed E-state index contributed by atoms with van der Waals surface area (Å²) in [7, 11) is 0. The highest BCUT2D eigenvalue weighted by molar-refractivity contribution is 6.29. The topological polar surface area (TPSA) is 77.9 Å². The summed E-state index contributed by atoms with van der Waals surface area (Å²) < 4.78 is 5.38. The Morgan fingerprint density at radius 3 is 2.67 bits per heavy atom. The SMILES string of the molecule is O=C(O)NC1CCN(c2cc(CN3CCOCC3)cc(Cl)n2)CC1. The molecule has 0 unspecified atom stereocenters. The molecule has 3 rings (SSSR count). The fourth-order valence-electron chi connectivity index (χ4n) is 3.23. The first-order valence-corrected chi connectivity index (χ1v) is 8.69. The van der Waals surface area contributed by atoms with Crippen molar-refractivity contribution < 1.29 is 14.6 Å². The van der Waals surface area contributed by atoms with Crippen LogP contribution in [0.3, 0.4) is 0 Å². The molecule has 0 atom stereocenters. The number of rotatable bonds is 4. The second-order valence-corrected chi connectivity index (χ2v) is 6.64. The molecule has 2 aliphatic heterocycles. The van der Waals surface area contributed by atoms with E-state index in [-0.39, 0.29) is 6.04 Å². The first-order valence-electron chi connectivity index (χ1n) is 8.31. The lowest BCUT2D eigenvalue weighted by Gasteiger charge is -2.33. The van der Waals surface area contributed by atoms with E-state index in [1.54, 1.807) is 0 Å². The maximum atomic E-state index is 10.7. The highest BCUT2D eigenvalue weighted by atomic mass is 35.5. The molecule has 2 fully saturated rings. The molecule has 0 saturated carbocycles. The molecule has 8 heteroatoms. The Bertz CT molecular complexity index is 572. The molecule has 132 valence electrons.